The van der Waals surface area contributed by atoms with Crippen LogP contribution >= 0.6 is 0 Å². The molecule has 2 aliphatic rings. The van der Waals surface area contributed by atoms with Crippen molar-refractivity contribution in [3.63, 3.8) is 0 Å². The molecule has 0 aromatic heterocycles. The van der Waals surface area contributed by atoms with E-state index in [0.717, 1.165) is 32.5 Å². The molecule has 1 aromatic carbocycles. The van der Waals surface area contributed by atoms with Gasteiger partial charge in [-0.05, 0) is 24.3 Å². The molecule has 1 saturated carbocycles. The first-order chi connectivity index (χ1) is 7.88. The van der Waals surface area contributed by atoms with Gasteiger partial charge in [-0.3, -0.25) is 0 Å². The van der Waals surface area contributed by atoms with Gasteiger partial charge in [-0.15, -0.1) is 0 Å². The van der Waals surface area contributed by atoms with E-state index < -0.39 is 0 Å². The number of ether oxygens (including phenoxy) is 2. The molecule has 0 radical (unpaired) electrons. The second-order valence-electron chi connectivity index (χ2n) is 4.81. The van der Waals surface area contributed by atoms with Crippen LogP contribution < -0.4 is 0 Å². The van der Waals surface area contributed by atoms with Crippen molar-refractivity contribution in [2.45, 2.75) is 37.4 Å². The first-order valence-electron chi connectivity index (χ1n) is 6.21. The summed E-state index contributed by atoms with van der Waals surface area (Å²) in [6.45, 7) is 1.73. The predicted octanol–water partition coefficient (Wildman–Crippen LogP) is 3.09. The van der Waals surface area contributed by atoms with Gasteiger partial charge in [0.25, 0.3) is 0 Å². The minimum Gasteiger partial charge on any atom is -0.350 e. The Labute approximate surface area is 96.6 Å². The summed E-state index contributed by atoms with van der Waals surface area (Å²) in [5.74, 6) is 0.359. The maximum Gasteiger partial charge on any atom is 0.168 e. The molecule has 1 unspecified atom stereocenters. The average molecular weight is 218 g/mol. The zero-order valence-electron chi connectivity index (χ0n) is 9.52. The predicted molar refractivity (Wildman–Crippen MR) is 62.3 cm³/mol. The smallest absolute Gasteiger partial charge is 0.168 e. The largest absolute Gasteiger partial charge is 0.350 e. The number of benzene rings is 1. The molecular weight excluding hydrogens is 200 g/mol. The molecule has 2 nitrogen and oxygen atoms in total. The Bertz CT molecular complexity index is 341. The summed E-state index contributed by atoms with van der Waals surface area (Å²) in [6.07, 6.45) is 4.30. The highest BCUT2D eigenvalue weighted by Crippen LogP contribution is 2.44. The molecule has 0 bridgehead atoms. The van der Waals surface area contributed by atoms with E-state index in [1.807, 2.05) is 0 Å². The summed E-state index contributed by atoms with van der Waals surface area (Å²) >= 11 is 0. The number of rotatable bonds is 1. The molecule has 1 aliphatic carbocycles. The Balaban J connectivity index is 1.73. The van der Waals surface area contributed by atoms with Crippen molar-refractivity contribution >= 4 is 0 Å². The molecule has 1 heterocycles. The minimum atomic E-state index is -0.251. The van der Waals surface area contributed by atoms with Crippen LogP contribution in [0.25, 0.3) is 0 Å². The lowest BCUT2D eigenvalue weighted by molar-refractivity contribution is -0.262. The van der Waals surface area contributed by atoms with Gasteiger partial charge in [0.2, 0.25) is 0 Å². The molecule has 86 valence electrons. The Morgan fingerprint density at radius 1 is 1.06 bits per heavy atom. The van der Waals surface area contributed by atoms with Crippen molar-refractivity contribution in [2.75, 3.05) is 13.2 Å². The fourth-order valence-electron chi connectivity index (χ4n) is 2.86. The molecule has 1 atom stereocenters. The van der Waals surface area contributed by atoms with Crippen LogP contribution in [0.4, 0.5) is 0 Å². The van der Waals surface area contributed by atoms with E-state index in [1.54, 1.807) is 0 Å². The van der Waals surface area contributed by atoms with Crippen molar-refractivity contribution in [1.29, 1.82) is 0 Å². The van der Waals surface area contributed by atoms with Crippen LogP contribution in [0.2, 0.25) is 0 Å². The molecule has 1 aromatic rings. The molecule has 3 rings (SSSR count). The van der Waals surface area contributed by atoms with Gasteiger partial charge in [-0.25, -0.2) is 0 Å². The highest BCUT2D eigenvalue weighted by Gasteiger charge is 2.42. The first-order valence-corrected chi connectivity index (χ1v) is 6.21. The molecule has 1 spiro atoms. The third-order valence-electron chi connectivity index (χ3n) is 3.72. The molecule has 16 heavy (non-hydrogen) atoms. The average Bonchev–Trinajstić information content (AvgIpc) is 2.75. The Morgan fingerprint density at radius 2 is 1.81 bits per heavy atom. The van der Waals surface area contributed by atoms with Crippen molar-refractivity contribution in [2.24, 2.45) is 0 Å². The lowest BCUT2D eigenvalue weighted by Crippen LogP contribution is -2.37. The highest BCUT2D eigenvalue weighted by atomic mass is 16.7. The molecule has 0 N–H and O–H groups in total. The summed E-state index contributed by atoms with van der Waals surface area (Å²) in [5, 5.41) is 0. The zero-order valence-corrected chi connectivity index (χ0v) is 9.52. The summed E-state index contributed by atoms with van der Waals surface area (Å²) in [5.41, 5.74) is 1.43. The van der Waals surface area contributed by atoms with Gasteiger partial charge >= 0.3 is 0 Å². The van der Waals surface area contributed by atoms with Crippen molar-refractivity contribution < 1.29 is 9.47 Å². The maximum absolute atomic E-state index is 5.86. The normalized spacial score (nSPS) is 28.4. The SMILES string of the molecule is c1ccc(C2CCC3(C2)OCCCO3)cc1. The standard InChI is InChI=1S/C14H18O2/c1-2-5-12(6-3-1)13-7-8-14(11-13)15-9-4-10-16-14/h1-3,5-6,13H,4,7-11H2. The molecular formula is C14H18O2. The van der Waals surface area contributed by atoms with E-state index in [9.17, 15) is 0 Å². The summed E-state index contributed by atoms with van der Waals surface area (Å²) in [6, 6.07) is 10.7. The van der Waals surface area contributed by atoms with E-state index in [-0.39, 0.29) is 5.79 Å². The van der Waals surface area contributed by atoms with E-state index >= 15 is 0 Å². The van der Waals surface area contributed by atoms with Crippen molar-refractivity contribution in [3.8, 4) is 0 Å². The third kappa shape index (κ3) is 1.87. The Hall–Kier alpha value is -0.860. The molecule has 1 aliphatic heterocycles. The second kappa shape index (κ2) is 4.19. The van der Waals surface area contributed by atoms with E-state index in [4.69, 9.17) is 9.47 Å². The van der Waals surface area contributed by atoms with Gasteiger partial charge < -0.3 is 9.47 Å². The van der Waals surface area contributed by atoms with Crippen LogP contribution in [0, 0.1) is 0 Å². The van der Waals surface area contributed by atoms with Crippen LogP contribution in [0.3, 0.4) is 0 Å². The van der Waals surface area contributed by atoms with Crippen molar-refractivity contribution in [3.05, 3.63) is 35.9 Å². The minimum absolute atomic E-state index is 0.251. The summed E-state index contributed by atoms with van der Waals surface area (Å²) < 4.78 is 11.7. The van der Waals surface area contributed by atoms with Crippen LogP contribution in [0.15, 0.2) is 30.3 Å². The number of hydrogen-bond donors (Lipinski definition) is 0. The lowest BCUT2D eigenvalue weighted by Gasteiger charge is -2.34. The topological polar surface area (TPSA) is 18.5 Å². The van der Waals surface area contributed by atoms with Crippen LogP contribution in [-0.2, 0) is 9.47 Å². The lowest BCUT2D eigenvalue weighted by atomic mass is 9.97. The second-order valence-corrected chi connectivity index (χ2v) is 4.81. The first kappa shape index (κ1) is 10.3. The van der Waals surface area contributed by atoms with E-state index in [2.05, 4.69) is 30.3 Å². The Morgan fingerprint density at radius 3 is 2.56 bits per heavy atom. The number of hydrogen-bond acceptors (Lipinski definition) is 2. The van der Waals surface area contributed by atoms with Gasteiger partial charge in [-0.1, -0.05) is 30.3 Å². The van der Waals surface area contributed by atoms with Gasteiger partial charge in [0.05, 0.1) is 13.2 Å². The highest BCUT2D eigenvalue weighted by molar-refractivity contribution is 5.21. The Kier molecular flexibility index (Phi) is 2.70. The monoisotopic (exact) mass is 218 g/mol. The van der Waals surface area contributed by atoms with Crippen LogP contribution in [-0.4, -0.2) is 19.0 Å². The fraction of sp³-hybridized carbons (Fsp3) is 0.571. The van der Waals surface area contributed by atoms with E-state index in [0.29, 0.717) is 5.92 Å². The van der Waals surface area contributed by atoms with Gasteiger partial charge in [0.1, 0.15) is 0 Å². The van der Waals surface area contributed by atoms with Gasteiger partial charge in [0, 0.05) is 12.8 Å². The van der Waals surface area contributed by atoms with E-state index in [1.165, 1.54) is 12.0 Å². The quantitative estimate of drug-likeness (QED) is 0.721. The molecule has 2 fully saturated rings. The molecule has 0 amide bonds. The zero-order chi connectivity index (χ0) is 10.8. The van der Waals surface area contributed by atoms with Crippen LogP contribution in [0.1, 0.15) is 37.2 Å². The fourth-order valence-corrected chi connectivity index (χ4v) is 2.86. The summed E-state index contributed by atoms with van der Waals surface area (Å²) in [4.78, 5) is 0. The summed E-state index contributed by atoms with van der Waals surface area (Å²) in [7, 11) is 0. The third-order valence-corrected chi connectivity index (χ3v) is 3.72. The maximum atomic E-state index is 5.86. The van der Waals surface area contributed by atoms with Crippen LogP contribution in [0.5, 0.6) is 0 Å². The van der Waals surface area contributed by atoms with Gasteiger partial charge in [0.15, 0.2) is 5.79 Å². The molecule has 2 heteroatoms. The van der Waals surface area contributed by atoms with Crippen molar-refractivity contribution in [1.82, 2.24) is 0 Å². The molecule has 1 saturated heterocycles. The van der Waals surface area contributed by atoms with Gasteiger partial charge in [-0.2, -0.15) is 0 Å².